The molecule has 1 N–H and O–H groups in total. The van der Waals surface area contributed by atoms with Gasteiger partial charge in [-0.3, -0.25) is 0 Å². The highest BCUT2D eigenvalue weighted by Gasteiger charge is 2.40. The number of piperidine rings is 1. The van der Waals surface area contributed by atoms with Gasteiger partial charge < -0.3 is 14.7 Å². The van der Waals surface area contributed by atoms with Gasteiger partial charge in [0.05, 0.1) is 12.2 Å². The van der Waals surface area contributed by atoms with E-state index in [1.54, 1.807) is 0 Å². The van der Waals surface area contributed by atoms with Gasteiger partial charge in [-0.2, -0.15) is 0 Å². The van der Waals surface area contributed by atoms with E-state index >= 15 is 0 Å². The van der Waals surface area contributed by atoms with Crippen LogP contribution in [0, 0.1) is 0 Å². The van der Waals surface area contributed by atoms with Crippen LogP contribution in [0.5, 0.6) is 5.75 Å². The summed E-state index contributed by atoms with van der Waals surface area (Å²) in [7, 11) is 0. The molecule has 3 aromatic carbocycles. The van der Waals surface area contributed by atoms with Crippen molar-refractivity contribution in [1.82, 2.24) is 4.90 Å². The predicted molar refractivity (Wildman–Crippen MR) is 148 cm³/mol. The monoisotopic (exact) mass is 493 g/mol. The molecular weight excluding hydrogens is 454 g/mol. The van der Waals surface area contributed by atoms with Crippen molar-refractivity contribution in [3.8, 4) is 5.75 Å². The molecule has 1 heterocycles. The van der Waals surface area contributed by atoms with Gasteiger partial charge in [0.2, 0.25) is 0 Å². The minimum Gasteiger partial charge on any atom is -0.494 e. The Kier molecular flexibility index (Phi) is 10.7. The first-order valence-electron chi connectivity index (χ1n) is 13.0. The summed E-state index contributed by atoms with van der Waals surface area (Å²) >= 11 is 0. The Hall–Kier alpha value is -2.33. The second kappa shape index (κ2) is 13.7. The lowest BCUT2D eigenvalue weighted by molar-refractivity contribution is -0.0144. The molecule has 3 aromatic rings. The van der Waals surface area contributed by atoms with Crippen LogP contribution in [-0.2, 0) is 12.0 Å². The smallest absolute Gasteiger partial charge is 0.119 e. The van der Waals surface area contributed by atoms with Gasteiger partial charge in [-0.15, -0.1) is 12.4 Å². The molecule has 0 amide bonds. The number of rotatable bonds is 11. The summed E-state index contributed by atoms with van der Waals surface area (Å²) in [4.78, 5) is 2.55. The molecule has 0 aliphatic carbocycles. The first-order chi connectivity index (χ1) is 16.7. The third-order valence-electron chi connectivity index (χ3n) is 7.13. The fraction of sp³-hybridized carbons (Fsp3) is 0.419. The Morgan fingerprint density at radius 2 is 1.49 bits per heavy atom. The van der Waals surface area contributed by atoms with E-state index in [4.69, 9.17) is 4.74 Å². The van der Waals surface area contributed by atoms with Crippen molar-refractivity contribution in [3.63, 3.8) is 0 Å². The molecule has 3 nitrogen and oxygen atoms in total. The standard InChI is InChI=1S/C31H39NO2.ClH/c1-2-24-34-29-18-16-28(17-19-29)31(33,21-20-26-12-6-3-7-13-26)30(27-14-8-4-9-15-27)25-32-22-10-5-11-23-32;/h3-4,6-9,12-19,30,33H,2,5,10-11,20-25H2,1H3;1H. The molecule has 0 saturated carbocycles. The number of nitrogens with zero attached hydrogens (tertiary/aromatic N) is 1. The van der Waals surface area contributed by atoms with E-state index in [-0.39, 0.29) is 18.3 Å². The van der Waals surface area contributed by atoms with Crippen molar-refractivity contribution in [2.24, 2.45) is 0 Å². The summed E-state index contributed by atoms with van der Waals surface area (Å²) in [6, 6.07) is 29.3. The number of hydrogen-bond acceptors (Lipinski definition) is 3. The molecular formula is C31H40ClNO2. The van der Waals surface area contributed by atoms with Crippen LogP contribution in [0.2, 0.25) is 0 Å². The van der Waals surface area contributed by atoms with Gasteiger partial charge in [0.25, 0.3) is 0 Å². The normalized spacial score (nSPS) is 16.6. The summed E-state index contributed by atoms with van der Waals surface area (Å²) in [5.74, 6) is 0.848. The fourth-order valence-corrected chi connectivity index (χ4v) is 5.18. The second-order valence-corrected chi connectivity index (χ2v) is 9.61. The van der Waals surface area contributed by atoms with Crippen LogP contribution in [0.4, 0.5) is 0 Å². The molecule has 35 heavy (non-hydrogen) atoms. The van der Waals surface area contributed by atoms with Gasteiger partial charge in [-0.05, 0) is 74.0 Å². The third-order valence-corrected chi connectivity index (χ3v) is 7.13. The van der Waals surface area contributed by atoms with Gasteiger partial charge in [-0.25, -0.2) is 0 Å². The lowest BCUT2D eigenvalue weighted by atomic mass is 9.73. The van der Waals surface area contributed by atoms with Crippen molar-refractivity contribution in [1.29, 1.82) is 0 Å². The third kappa shape index (κ3) is 7.33. The lowest BCUT2D eigenvalue weighted by Gasteiger charge is -2.41. The summed E-state index contributed by atoms with van der Waals surface area (Å²) in [5, 5.41) is 12.6. The number of aryl methyl sites for hydroxylation is 1. The zero-order valence-corrected chi connectivity index (χ0v) is 21.8. The number of aliphatic hydroxyl groups is 1. The zero-order valence-electron chi connectivity index (χ0n) is 20.9. The maximum Gasteiger partial charge on any atom is 0.119 e. The van der Waals surface area contributed by atoms with Crippen molar-refractivity contribution in [2.45, 2.75) is 57.0 Å². The van der Waals surface area contributed by atoms with Gasteiger partial charge in [0, 0.05) is 12.5 Å². The van der Waals surface area contributed by atoms with E-state index in [0.717, 1.165) is 43.8 Å². The van der Waals surface area contributed by atoms with E-state index in [1.807, 2.05) is 18.2 Å². The lowest BCUT2D eigenvalue weighted by Crippen LogP contribution is -2.43. The van der Waals surface area contributed by atoms with Crippen molar-refractivity contribution < 1.29 is 9.84 Å². The molecule has 0 spiro atoms. The number of hydrogen-bond donors (Lipinski definition) is 1. The van der Waals surface area contributed by atoms with E-state index in [9.17, 15) is 5.11 Å². The van der Waals surface area contributed by atoms with Gasteiger partial charge in [-0.1, -0.05) is 86.1 Å². The molecule has 1 saturated heterocycles. The first-order valence-corrected chi connectivity index (χ1v) is 13.0. The van der Waals surface area contributed by atoms with Crippen molar-refractivity contribution in [3.05, 3.63) is 102 Å². The van der Waals surface area contributed by atoms with Crippen LogP contribution in [0.15, 0.2) is 84.9 Å². The molecule has 188 valence electrons. The van der Waals surface area contributed by atoms with Crippen LogP contribution in [-0.4, -0.2) is 36.2 Å². The molecule has 0 radical (unpaired) electrons. The molecule has 1 fully saturated rings. The van der Waals surface area contributed by atoms with E-state index in [2.05, 4.69) is 78.6 Å². The van der Waals surface area contributed by atoms with Crippen LogP contribution < -0.4 is 4.74 Å². The van der Waals surface area contributed by atoms with E-state index in [0.29, 0.717) is 13.0 Å². The van der Waals surface area contributed by atoms with Crippen LogP contribution in [0.3, 0.4) is 0 Å². The molecule has 1 aliphatic rings. The SMILES string of the molecule is CCCOc1ccc(C(O)(CCc2ccccc2)C(CN2CCCCC2)c2ccccc2)cc1.Cl. The summed E-state index contributed by atoms with van der Waals surface area (Å²) in [6.07, 6.45) is 6.27. The Balaban J connectivity index is 0.00000342. The summed E-state index contributed by atoms with van der Waals surface area (Å²) in [5.41, 5.74) is 2.44. The Morgan fingerprint density at radius 1 is 0.857 bits per heavy atom. The van der Waals surface area contributed by atoms with Crippen LogP contribution in [0.25, 0.3) is 0 Å². The molecule has 4 rings (SSSR count). The topological polar surface area (TPSA) is 32.7 Å². The minimum atomic E-state index is -0.988. The number of likely N-dealkylation sites (tertiary alicyclic amines) is 1. The van der Waals surface area contributed by atoms with Crippen molar-refractivity contribution >= 4 is 12.4 Å². The highest BCUT2D eigenvalue weighted by molar-refractivity contribution is 5.85. The van der Waals surface area contributed by atoms with Crippen LogP contribution >= 0.6 is 12.4 Å². The highest BCUT2D eigenvalue weighted by atomic mass is 35.5. The number of halogens is 1. The van der Waals surface area contributed by atoms with Crippen LogP contribution in [0.1, 0.15) is 61.6 Å². The molecule has 4 heteroatoms. The average molecular weight is 494 g/mol. The quantitative estimate of drug-likeness (QED) is 0.312. The Bertz CT molecular complexity index is 974. The number of benzene rings is 3. The molecule has 0 aromatic heterocycles. The molecule has 2 atom stereocenters. The molecule has 1 aliphatic heterocycles. The summed E-state index contributed by atoms with van der Waals surface area (Å²) in [6.45, 7) is 5.91. The molecule has 0 bridgehead atoms. The van der Waals surface area contributed by atoms with E-state index < -0.39 is 5.60 Å². The fourth-order valence-electron chi connectivity index (χ4n) is 5.18. The average Bonchev–Trinajstić information content (AvgIpc) is 2.91. The van der Waals surface area contributed by atoms with Crippen molar-refractivity contribution in [2.75, 3.05) is 26.2 Å². The van der Waals surface area contributed by atoms with Gasteiger partial charge in [0.15, 0.2) is 0 Å². The van der Waals surface area contributed by atoms with E-state index in [1.165, 1.54) is 30.4 Å². The maximum atomic E-state index is 12.6. The first kappa shape index (κ1) is 27.3. The molecule has 2 unspecified atom stereocenters. The highest BCUT2D eigenvalue weighted by Crippen LogP contribution is 2.42. The second-order valence-electron chi connectivity index (χ2n) is 9.61. The zero-order chi connectivity index (χ0) is 23.6. The number of ether oxygens (including phenoxy) is 1. The Morgan fingerprint density at radius 3 is 2.11 bits per heavy atom. The van der Waals surface area contributed by atoms with Gasteiger partial charge in [0.1, 0.15) is 5.75 Å². The maximum absolute atomic E-state index is 12.6. The largest absolute Gasteiger partial charge is 0.494 e. The van der Waals surface area contributed by atoms with Gasteiger partial charge >= 0.3 is 0 Å². The predicted octanol–water partition coefficient (Wildman–Crippen LogP) is 6.99. The minimum absolute atomic E-state index is 0. The Labute approximate surface area is 217 Å². The summed E-state index contributed by atoms with van der Waals surface area (Å²) < 4.78 is 5.83.